The van der Waals surface area contributed by atoms with Gasteiger partial charge in [-0.05, 0) is 42.1 Å². The Balaban J connectivity index is 1.91. The van der Waals surface area contributed by atoms with Crippen molar-refractivity contribution in [1.82, 2.24) is 0 Å². The zero-order valence-electron chi connectivity index (χ0n) is 9.80. The van der Waals surface area contributed by atoms with Crippen molar-refractivity contribution in [1.29, 1.82) is 0 Å². The Morgan fingerprint density at radius 2 is 2.06 bits per heavy atom. The van der Waals surface area contributed by atoms with E-state index in [0.717, 1.165) is 18.0 Å². The second-order valence-corrected chi connectivity index (χ2v) is 5.46. The highest BCUT2D eigenvalue weighted by atomic mass is 32.1. The molecule has 1 aliphatic heterocycles. The molecule has 1 saturated carbocycles. The molecule has 3 heteroatoms. The molecular formula is C14H17NOS. The summed E-state index contributed by atoms with van der Waals surface area (Å²) in [4.78, 5) is 14.0. The molecule has 0 bridgehead atoms. The summed E-state index contributed by atoms with van der Waals surface area (Å²) >= 11 is 4.31. The van der Waals surface area contributed by atoms with Crippen LogP contribution < -0.4 is 4.90 Å². The molecule has 1 aliphatic carbocycles. The van der Waals surface area contributed by atoms with Gasteiger partial charge in [-0.15, -0.1) is 0 Å². The lowest BCUT2D eigenvalue weighted by atomic mass is 10.1. The Morgan fingerprint density at radius 1 is 1.29 bits per heavy atom. The van der Waals surface area contributed by atoms with Gasteiger partial charge in [0, 0.05) is 18.7 Å². The minimum Gasteiger partial charge on any atom is -0.312 e. The molecule has 2 nitrogen and oxygen atoms in total. The number of amides is 1. The Kier molecular flexibility index (Phi) is 2.87. The standard InChI is InChI=1S/C14H17NOS/c16-14-7-10(9-17)8-15(14)13-4-2-1-3-12(13)11-5-6-11/h1-4,10-11,17H,5-9H2. The average molecular weight is 247 g/mol. The maximum Gasteiger partial charge on any atom is 0.227 e. The lowest BCUT2D eigenvalue weighted by Crippen LogP contribution is -2.25. The Labute approximate surface area is 107 Å². The van der Waals surface area contributed by atoms with Gasteiger partial charge in [0.15, 0.2) is 0 Å². The van der Waals surface area contributed by atoms with Gasteiger partial charge in [0.25, 0.3) is 0 Å². The predicted octanol–water partition coefficient (Wildman–Crippen LogP) is 2.85. The third-order valence-electron chi connectivity index (χ3n) is 3.71. The van der Waals surface area contributed by atoms with Gasteiger partial charge in [-0.2, -0.15) is 12.6 Å². The smallest absolute Gasteiger partial charge is 0.227 e. The summed E-state index contributed by atoms with van der Waals surface area (Å²) in [6, 6.07) is 8.37. The van der Waals surface area contributed by atoms with Crippen molar-refractivity contribution in [2.75, 3.05) is 17.2 Å². The Hall–Kier alpha value is -0.960. The molecule has 17 heavy (non-hydrogen) atoms. The van der Waals surface area contributed by atoms with Crippen LogP contribution in [-0.4, -0.2) is 18.2 Å². The first kappa shape index (κ1) is 11.1. The zero-order valence-corrected chi connectivity index (χ0v) is 10.7. The highest BCUT2D eigenvalue weighted by Crippen LogP contribution is 2.45. The number of benzene rings is 1. The quantitative estimate of drug-likeness (QED) is 0.814. The summed E-state index contributed by atoms with van der Waals surface area (Å²) in [5, 5.41) is 0. The molecule has 1 aromatic rings. The molecular weight excluding hydrogens is 230 g/mol. The molecule has 1 saturated heterocycles. The van der Waals surface area contributed by atoms with E-state index < -0.39 is 0 Å². The lowest BCUT2D eigenvalue weighted by Gasteiger charge is -2.20. The largest absolute Gasteiger partial charge is 0.312 e. The third kappa shape index (κ3) is 2.08. The number of nitrogens with zero attached hydrogens (tertiary/aromatic N) is 1. The summed E-state index contributed by atoms with van der Waals surface area (Å²) in [5.41, 5.74) is 2.50. The fourth-order valence-corrected chi connectivity index (χ4v) is 2.85. The fourth-order valence-electron chi connectivity index (χ4n) is 2.61. The molecule has 1 atom stereocenters. The first-order valence-corrected chi connectivity index (χ1v) is 6.93. The van der Waals surface area contributed by atoms with E-state index in [1.165, 1.54) is 18.4 Å². The van der Waals surface area contributed by atoms with E-state index in [4.69, 9.17) is 0 Å². The van der Waals surface area contributed by atoms with E-state index >= 15 is 0 Å². The fraction of sp³-hybridized carbons (Fsp3) is 0.500. The maximum atomic E-state index is 12.0. The van der Waals surface area contributed by atoms with Crippen molar-refractivity contribution < 1.29 is 4.79 Å². The SMILES string of the molecule is O=C1CC(CS)CN1c1ccccc1C1CC1. The molecule has 0 radical (unpaired) electrons. The van der Waals surface area contributed by atoms with Gasteiger partial charge >= 0.3 is 0 Å². The van der Waals surface area contributed by atoms with Crippen LogP contribution in [0.15, 0.2) is 24.3 Å². The molecule has 1 unspecified atom stereocenters. The number of para-hydroxylation sites is 1. The van der Waals surface area contributed by atoms with Gasteiger partial charge in [0.2, 0.25) is 5.91 Å². The summed E-state index contributed by atoms with van der Waals surface area (Å²) < 4.78 is 0. The number of hydrogen-bond donors (Lipinski definition) is 1. The predicted molar refractivity (Wildman–Crippen MR) is 72.7 cm³/mol. The highest BCUT2D eigenvalue weighted by molar-refractivity contribution is 7.80. The number of thiol groups is 1. The molecule has 0 aromatic heterocycles. The van der Waals surface area contributed by atoms with E-state index in [2.05, 4.69) is 30.8 Å². The van der Waals surface area contributed by atoms with Crippen molar-refractivity contribution >= 4 is 24.2 Å². The number of carbonyl (C=O) groups excluding carboxylic acids is 1. The minimum atomic E-state index is 0.261. The van der Waals surface area contributed by atoms with Crippen LogP contribution in [0, 0.1) is 5.92 Å². The van der Waals surface area contributed by atoms with Gasteiger partial charge in [-0.25, -0.2) is 0 Å². The van der Waals surface area contributed by atoms with Crippen LogP contribution in [0.4, 0.5) is 5.69 Å². The van der Waals surface area contributed by atoms with Crippen LogP contribution in [0.25, 0.3) is 0 Å². The van der Waals surface area contributed by atoms with Crippen LogP contribution >= 0.6 is 12.6 Å². The van der Waals surface area contributed by atoms with Crippen LogP contribution in [0.5, 0.6) is 0 Å². The normalized spacial score (nSPS) is 24.4. The van der Waals surface area contributed by atoms with Crippen LogP contribution in [0.2, 0.25) is 0 Å². The van der Waals surface area contributed by atoms with Gasteiger partial charge in [0.05, 0.1) is 0 Å². The van der Waals surface area contributed by atoms with Gasteiger partial charge < -0.3 is 4.90 Å². The molecule has 2 fully saturated rings. The van der Waals surface area contributed by atoms with Crippen LogP contribution in [-0.2, 0) is 4.79 Å². The molecule has 3 rings (SSSR count). The molecule has 1 amide bonds. The molecule has 1 heterocycles. The first-order chi connectivity index (χ1) is 8.29. The van der Waals surface area contributed by atoms with Crippen molar-refractivity contribution in [3.63, 3.8) is 0 Å². The monoisotopic (exact) mass is 247 g/mol. The van der Waals surface area contributed by atoms with Gasteiger partial charge in [-0.1, -0.05) is 18.2 Å². The van der Waals surface area contributed by atoms with E-state index in [1.807, 2.05) is 11.0 Å². The molecule has 2 aliphatic rings. The highest BCUT2D eigenvalue weighted by Gasteiger charge is 2.34. The number of hydrogen-bond acceptors (Lipinski definition) is 2. The molecule has 0 spiro atoms. The Bertz CT molecular complexity index is 442. The topological polar surface area (TPSA) is 20.3 Å². The van der Waals surface area contributed by atoms with Crippen LogP contribution in [0.1, 0.15) is 30.7 Å². The van der Waals surface area contributed by atoms with E-state index in [9.17, 15) is 4.79 Å². The minimum absolute atomic E-state index is 0.261. The van der Waals surface area contributed by atoms with Crippen molar-refractivity contribution in [2.45, 2.75) is 25.2 Å². The Morgan fingerprint density at radius 3 is 2.71 bits per heavy atom. The summed E-state index contributed by atoms with van der Waals surface area (Å²) in [5.74, 6) is 2.16. The molecule has 90 valence electrons. The summed E-state index contributed by atoms with van der Waals surface area (Å²) in [6.07, 6.45) is 3.20. The second kappa shape index (κ2) is 4.37. The first-order valence-electron chi connectivity index (χ1n) is 6.29. The van der Waals surface area contributed by atoms with E-state index in [-0.39, 0.29) is 5.91 Å². The van der Waals surface area contributed by atoms with E-state index in [1.54, 1.807) is 0 Å². The summed E-state index contributed by atoms with van der Waals surface area (Å²) in [7, 11) is 0. The molecule has 1 aromatic carbocycles. The van der Waals surface area contributed by atoms with E-state index in [0.29, 0.717) is 18.3 Å². The van der Waals surface area contributed by atoms with Crippen LogP contribution in [0.3, 0.4) is 0 Å². The second-order valence-electron chi connectivity index (χ2n) is 5.09. The number of anilines is 1. The number of rotatable bonds is 3. The van der Waals surface area contributed by atoms with Crippen molar-refractivity contribution in [3.05, 3.63) is 29.8 Å². The lowest BCUT2D eigenvalue weighted by molar-refractivity contribution is -0.117. The maximum absolute atomic E-state index is 12.0. The molecule has 0 N–H and O–H groups in total. The van der Waals surface area contributed by atoms with Crippen molar-refractivity contribution in [3.8, 4) is 0 Å². The average Bonchev–Trinajstić information content (AvgIpc) is 3.13. The third-order valence-corrected chi connectivity index (χ3v) is 4.22. The van der Waals surface area contributed by atoms with Crippen molar-refractivity contribution in [2.24, 2.45) is 5.92 Å². The number of carbonyl (C=O) groups is 1. The van der Waals surface area contributed by atoms with Gasteiger partial charge in [-0.3, -0.25) is 4.79 Å². The summed E-state index contributed by atoms with van der Waals surface area (Å²) in [6.45, 7) is 0.839. The zero-order chi connectivity index (χ0) is 11.8. The van der Waals surface area contributed by atoms with Gasteiger partial charge in [0.1, 0.15) is 0 Å².